The fourth-order valence-corrected chi connectivity index (χ4v) is 4.90. The van der Waals surface area contributed by atoms with Crippen molar-refractivity contribution in [3.05, 3.63) is 30.1 Å². The standard InChI is InChI=1S/C19H26N4O3/c1-13(24)21-9-18(25)22-8-15-16-11-23(10-14-4-2-3-7-20-14)12-19(16)6-5-17(15)26-19/h2-4,7,15-17H,5-6,8-12H2,1H3,(H,21,24)(H,22,25)/t15-,16+,17+,19+/m0/s1. The summed E-state index contributed by atoms with van der Waals surface area (Å²) in [7, 11) is 0. The summed E-state index contributed by atoms with van der Waals surface area (Å²) in [6.07, 6.45) is 4.26. The monoisotopic (exact) mass is 358 g/mol. The van der Waals surface area contributed by atoms with Crippen LogP contribution in [0.15, 0.2) is 24.4 Å². The third kappa shape index (κ3) is 3.33. The van der Waals surface area contributed by atoms with E-state index in [2.05, 4.69) is 26.6 Å². The van der Waals surface area contributed by atoms with Crippen molar-refractivity contribution in [2.24, 2.45) is 11.8 Å². The van der Waals surface area contributed by atoms with Gasteiger partial charge in [0.05, 0.1) is 23.9 Å². The molecule has 3 fully saturated rings. The molecule has 4 atom stereocenters. The second-order valence-electron chi connectivity index (χ2n) is 7.73. The molecule has 3 aliphatic rings. The molecule has 140 valence electrons. The van der Waals surface area contributed by atoms with E-state index in [0.717, 1.165) is 38.2 Å². The van der Waals surface area contributed by atoms with Gasteiger partial charge in [0.15, 0.2) is 0 Å². The first-order chi connectivity index (χ1) is 12.6. The number of likely N-dealkylation sites (tertiary alicyclic amines) is 1. The molecule has 3 saturated heterocycles. The summed E-state index contributed by atoms with van der Waals surface area (Å²) in [5, 5.41) is 5.51. The fraction of sp³-hybridized carbons (Fsp3) is 0.632. The van der Waals surface area contributed by atoms with Gasteiger partial charge in [-0.1, -0.05) is 6.07 Å². The van der Waals surface area contributed by atoms with Crippen LogP contribution in [0.1, 0.15) is 25.5 Å². The van der Waals surface area contributed by atoms with Crippen LogP contribution in [-0.2, 0) is 20.9 Å². The predicted octanol–water partition coefficient (Wildman–Crippen LogP) is 0.313. The Morgan fingerprint density at radius 2 is 2.27 bits per heavy atom. The molecule has 0 unspecified atom stereocenters. The van der Waals surface area contributed by atoms with Crippen LogP contribution in [0.3, 0.4) is 0 Å². The van der Waals surface area contributed by atoms with Crippen LogP contribution < -0.4 is 10.6 Å². The fourth-order valence-electron chi connectivity index (χ4n) is 4.90. The van der Waals surface area contributed by atoms with Gasteiger partial charge in [-0.25, -0.2) is 0 Å². The molecule has 0 radical (unpaired) electrons. The molecule has 3 aliphatic heterocycles. The number of carbonyl (C=O) groups is 2. The number of nitrogens with one attached hydrogen (secondary N) is 2. The topological polar surface area (TPSA) is 83.6 Å². The molecule has 0 saturated carbocycles. The molecule has 2 N–H and O–H groups in total. The van der Waals surface area contributed by atoms with Crippen molar-refractivity contribution >= 4 is 11.8 Å². The third-order valence-electron chi connectivity index (χ3n) is 6.00. The highest BCUT2D eigenvalue weighted by Crippen LogP contribution is 2.54. The second kappa shape index (κ2) is 6.96. The van der Waals surface area contributed by atoms with Crippen molar-refractivity contribution in [2.75, 3.05) is 26.2 Å². The lowest BCUT2D eigenvalue weighted by Crippen LogP contribution is -2.44. The molecule has 0 aromatic carbocycles. The van der Waals surface area contributed by atoms with E-state index in [-0.39, 0.29) is 30.1 Å². The summed E-state index contributed by atoms with van der Waals surface area (Å²) in [4.78, 5) is 29.7. The number of pyridine rings is 1. The lowest BCUT2D eigenvalue weighted by Gasteiger charge is -2.29. The zero-order valence-corrected chi connectivity index (χ0v) is 15.1. The van der Waals surface area contributed by atoms with Gasteiger partial charge in [0.2, 0.25) is 11.8 Å². The molecule has 1 aromatic heterocycles. The number of nitrogens with zero attached hydrogens (tertiary/aromatic N) is 2. The summed E-state index contributed by atoms with van der Waals surface area (Å²) in [6, 6.07) is 6.02. The van der Waals surface area contributed by atoms with Gasteiger partial charge >= 0.3 is 0 Å². The SMILES string of the molecule is CC(=O)NCC(=O)NC[C@H]1[C@H]2CN(Cc3ccccn3)C[C@]23CC[C@H]1O3. The van der Waals surface area contributed by atoms with E-state index in [1.807, 2.05) is 18.3 Å². The first-order valence-corrected chi connectivity index (χ1v) is 9.37. The Hall–Kier alpha value is -1.99. The molecule has 1 aromatic rings. The minimum absolute atomic E-state index is 0.0369. The van der Waals surface area contributed by atoms with Crippen LogP contribution in [0.2, 0.25) is 0 Å². The molecule has 7 heteroatoms. The normalized spacial score (nSPS) is 32.4. The highest BCUT2D eigenvalue weighted by Gasteiger charge is 2.62. The van der Waals surface area contributed by atoms with E-state index < -0.39 is 0 Å². The Morgan fingerprint density at radius 3 is 3.04 bits per heavy atom. The smallest absolute Gasteiger partial charge is 0.239 e. The van der Waals surface area contributed by atoms with Crippen LogP contribution in [0, 0.1) is 11.8 Å². The Morgan fingerprint density at radius 1 is 1.38 bits per heavy atom. The summed E-state index contributed by atoms with van der Waals surface area (Å²) >= 11 is 0. The summed E-state index contributed by atoms with van der Waals surface area (Å²) in [5.41, 5.74) is 1.03. The molecular weight excluding hydrogens is 332 g/mol. The number of ether oxygens (including phenoxy) is 1. The lowest BCUT2D eigenvalue weighted by atomic mass is 9.73. The Kier molecular flexibility index (Phi) is 4.67. The largest absolute Gasteiger partial charge is 0.370 e. The van der Waals surface area contributed by atoms with E-state index in [0.29, 0.717) is 18.4 Å². The van der Waals surface area contributed by atoms with Gasteiger partial charge < -0.3 is 15.4 Å². The van der Waals surface area contributed by atoms with Crippen LogP contribution in [0.5, 0.6) is 0 Å². The Bertz CT molecular complexity index is 683. The van der Waals surface area contributed by atoms with Crippen molar-refractivity contribution in [2.45, 2.75) is 38.0 Å². The van der Waals surface area contributed by atoms with Gasteiger partial charge in [-0.3, -0.25) is 19.5 Å². The zero-order valence-electron chi connectivity index (χ0n) is 15.1. The first-order valence-electron chi connectivity index (χ1n) is 9.37. The summed E-state index contributed by atoms with van der Waals surface area (Å²) in [6.45, 7) is 4.84. The third-order valence-corrected chi connectivity index (χ3v) is 6.00. The molecule has 1 spiro atoms. The van der Waals surface area contributed by atoms with E-state index in [9.17, 15) is 9.59 Å². The molecule has 2 amide bonds. The number of amides is 2. The van der Waals surface area contributed by atoms with Gasteiger partial charge in [-0.05, 0) is 25.0 Å². The van der Waals surface area contributed by atoms with Gasteiger partial charge in [0, 0.05) is 51.1 Å². The molecule has 4 heterocycles. The van der Waals surface area contributed by atoms with Crippen molar-refractivity contribution < 1.29 is 14.3 Å². The van der Waals surface area contributed by atoms with Crippen molar-refractivity contribution in [1.82, 2.24) is 20.5 Å². The van der Waals surface area contributed by atoms with E-state index in [1.165, 1.54) is 6.92 Å². The predicted molar refractivity (Wildman–Crippen MR) is 95.0 cm³/mol. The highest BCUT2D eigenvalue weighted by molar-refractivity contribution is 5.83. The minimum atomic E-state index is -0.191. The quantitative estimate of drug-likeness (QED) is 0.765. The second-order valence-corrected chi connectivity index (χ2v) is 7.73. The number of hydrogen-bond donors (Lipinski definition) is 2. The summed E-state index contributed by atoms with van der Waals surface area (Å²) in [5.74, 6) is 0.466. The Balaban J connectivity index is 1.35. The zero-order chi connectivity index (χ0) is 18.1. The van der Waals surface area contributed by atoms with Crippen molar-refractivity contribution in [3.63, 3.8) is 0 Å². The summed E-state index contributed by atoms with van der Waals surface area (Å²) < 4.78 is 6.41. The molecule has 2 bridgehead atoms. The number of hydrogen-bond acceptors (Lipinski definition) is 5. The van der Waals surface area contributed by atoms with E-state index in [1.54, 1.807) is 0 Å². The average Bonchev–Trinajstić information content (AvgIpc) is 3.27. The van der Waals surface area contributed by atoms with Gasteiger partial charge in [-0.2, -0.15) is 0 Å². The lowest BCUT2D eigenvalue weighted by molar-refractivity contribution is -0.125. The van der Waals surface area contributed by atoms with E-state index in [4.69, 9.17) is 4.74 Å². The highest BCUT2D eigenvalue weighted by atomic mass is 16.5. The van der Waals surface area contributed by atoms with Crippen LogP contribution in [0.4, 0.5) is 0 Å². The Labute approximate surface area is 153 Å². The number of fused-ring (bicyclic) bond motifs is 1. The number of rotatable bonds is 6. The minimum Gasteiger partial charge on any atom is -0.370 e. The van der Waals surface area contributed by atoms with Crippen molar-refractivity contribution in [1.29, 1.82) is 0 Å². The maximum absolute atomic E-state index is 11.9. The number of carbonyl (C=O) groups excluding carboxylic acids is 2. The van der Waals surface area contributed by atoms with Gasteiger partial charge in [0.25, 0.3) is 0 Å². The van der Waals surface area contributed by atoms with Gasteiger partial charge in [0.1, 0.15) is 0 Å². The maximum atomic E-state index is 11.9. The maximum Gasteiger partial charge on any atom is 0.239 e. The van der Waals surface area contributed by atoms with E-state index >= 15 is 0 Å². The molecule has 7 nitrogen and oxygen atoms in total. The average molecular weight is 358 g/mol. The molecule has 0 aliphatic carbocycles. The van der Waals surface area contributed by atoms with Gasteiger partial charge in [-0.15, -0.1) is 0 Å². The van der Waals surface area contributed by atoms with Crippen LogP contribution in [-0.4, -0.2) is 59.6 Å². The molecular formula is C19H26N4O3. The number of aromatic nitrogens is 1. The molecule has 26 heavy (non-hydrogen) atoms. The van der Waals surface area contributed by atoms with Crippen LogP contribution in [0.25, 0.3) is 0 Å². The molecule has 4 rings (SSSR count). The van der Waals surface area contributed by atoms with Crippen LogP contribution >= 0.6 is 0 Å². The van der Waals surface area contributed by atoms with Crippen molar-refractivity contribution in [3.8, 4) is 0 Å². The first kappa shape index (κ1) is 17.4.